The highest BCUT2D eigenvalue weighted by molar-refractivity contribution is 7.58. The van der Waals surface area contributed by atoms with Gasteiger partial charge in [-0.2, -0.15) is 0 Å². The predicted octanol–water partition coefficient (Wildman–Crippen LogP) is -0.385. The first-order valence-electron chi connectivity index (χ1n) is 8.78. The zero-order valence-electron chi connectivity index (χ0n) is 16.5. The average molecular weight is 423 g/mol. The van der Waals surface area contributed by atoms with Gasteiger partial charge >= 0.3 is 11.9 Å². The molecule has 162 valence electrons. The molecule has 6 N–H and O–H groups in total. The van der Waals surface area contributed by atoms with Crippen molar-refractivity contribution in [3.63, 3.8) is 0 Å². The molecule has 0 radical (unpaired) electrons. The Hall–Kier alpha value is -1.97. The Balaban J connectivity index is 4.93. The maximum absolute atomic E-state index is 12.5. The summed E-state index contributed by atoms with van der Waals surface area (Å²) in [5, 5.41) is 13.5. The summed E-state index contributed by atoms with van der Waals surface area (Å²) >= 11 is 0. The molecule has 0 bridgehead atoms. The molecule has 12 heteroatoms. The van der Waals surface area contributed by atoms with Crippen LogP contribution in [-0.2, 0) is 28.5 Å². The van der Waals surface area contributed by atoms with Crippen molar-refractivity contribution in [2.45, 2.75) is 57.9 Å². The van der Waals surface area contributed by atoms with Gasteiger partial charge in [-0.05, 0) is 19.3 Å². The molecule has 0 aliphatic heterocycles. The molecule has 2 amide bonds. The molecule has 0 fully saturated rings. The monoisotopic (exact) mass is 423 g/mol. The normalized spacial score (nSPS) is 16.4. The van der Waals surface area contributed by atoms with Crippen molar-refractivity contribution < 1.29 is 38.5 Å². The van der Waals surface area contributed by atoms with E-state index in [0.29, 0.717) is 0 Å². The Labute approximate surface area is 163 Å². The topological polar surface area (TPSA) is 185 Å². The molecule has 0 aromatic carbocycles. The standard InChI is InChI=1S/C16H30N3O8P/c1-9(2)14(19-15(23)11(17)5-6-12(20)21)16(24)18-10(3)28(25,26)8-7-13(22)27-4/h9-11,14H,5-8,17H2,1-4H3,(H,18,24)(H,19,23)(H,20,21)(H,25,26)/t10?,11-,14-/m0/s1. The first-order valence-corrected chi connectivity index (χ1v) is 10.7. The van der Waals surface area contributed by atoms with E-state index in [1.807, 2.05) is 0 Å². The van der Waals surface area contributed by atoms with E-state index < -0.39 is 49.0 Å². The number of methoxy groups -OCH3 is 1. The average Bonchev–Trinajstić information content (AvgIpc) is 2.61. The molecule has 0 spiro atoms. The number of ether oxygens (including phenoxy) is 1. The van der Waals surface area contributed by atoms with E-state index in [0.717, 1.165) is 7.11 Å². The molecule has 0 aromatic heterocycles. The second-order valence-electron chi connectivity index (χ2n) is 6.76. The highest BCUT2D eigenvalue weighted by Crippen LogP contribution is 2.45. The summed E-state index contributed by atoms with van der Waals surface area (Å²) in [5.74, 6) is -4.63. The van der Waals surface area contributed by atoms with E-state index in [-0.39, 0.29) is 31.3 Å². The Morgan fingerprint density at radius 1 is 1.07 bits per heavy atom. The molecule has 2 unspecified atom stereocenters. The van der Waals surface area contributed by atoms with Gasteiger partial charge < -0.3 is 31.1 Å². The molecule has 28 heavy (non-hydrogen) atoms. The van der Waals surface area contributed by atoms with Gasteiger partial charge in [0.2, 0.25) is 19.2 Å². The van der Waals surface area contributed by atoms with E-state index in [1.54, 1.807) is 13.8 Å². The number of carboxylic acids is 1. The zero-order chi connectivity index (χ0) is 22.1. The van der Waals surface area contributed by atoms with Crippen LogP contribution in [0.25, 0.3) is 0 Å². The van der Waals surface area contributed by atoms with Crippen LogP contribution in [0.15, 0.2) is 0 Å². The molecular formula is C16H30N3O8P. The molecule has 0 aliphatic carbocycles. The Morgan fingerprint density at radius 3 is 2.11 bits per heavy atom. The van der Waals surface area contributed by atoms with Gasteiger partial charge in [0.1, 0.15) is 11.8 Å². The lowest BCUT2D eigenvalue weighted by atomic mass is 10.0. The van der Waals surface area contributed by atoms with Crippen molar-refractivity contribution in [3.05, 3.63) is 0 Å². The molecule has 0 saturated carbocycles. The van der Waals surface area contributed by atoms with E-state index in [2.05, 4.69) is 15.4 Å². The van der Waals surface area contributed by atoms with Gasteiger partial charge in [0, 0.05) is 12.6 Å². The predicted molar refractivity (Wildman–Crippen MR) is 101 cm³/mol. The molecule has 4 atom stereocenters. The number of carboxylic acid groups (broad SMARTS) is 1. The van der Waals surface area contributed by atoms with E-state index >= 15 is 0 Å². The Kier molecular flexibility index (Phi) is 10.9. The number of hydrogen-bond donors (Lipinski definition) is 5. The minimum Gasteiger partial charge on any atom is -0.481 e. The maximum atomic E-state index is 12.5. The maximum Gasteiger partial charge on any atom is 0.306 e. The van der Waals surface area contributed by atoms with Gasteiger partial charge in [0.05, 0.1) is 19.6 Å². The number of aliphatic carboxylic acids is 1. The lowest BCUT2D eigenvalue weighted by Crippen LogP contribution is -2.55. The number of hydrogen-bond acceptors (Lipinski definition) is 7. The number of amides is 2. The summed E-state index contributed by atoms with van der Waals surface area (Å²) in [6, 6.07) is -2.14. The summed E-state index contributed by atoms with van der Waals surface area (Å²) in [4.78, 5) is 56.3. The molecule has 0 saturated heterocycles. The van der Waals surface area contributed by atoms with Crippen molar-refractivity contribution >= 4 is 31.1 Å². The van der Waals surface area contributed by atoms with Crippen LogP contribution in [0, 0.1) is 5.92 Å². The number of nitrogens with one attached hydrogen (secondary N) is 2. The SMILES string of the molecule is COC(=O)CCP(=O)(O)C(C)NC(=O)[C@@H](NC(=O)[C@@H](N)CCC(=O)O)C(C)C. The van der Waals surface area contributed by atoms with E-state index in [1.165, 1.54) is 6.92 Å². The van der Waals surface area contributed by atoms with E-state index in [4.69, 9.17) is 10.8 Å². The fourth-order valence-corrected chi connectivity index (χ4v) is 3.37. The minimum absolute atomic E-state index is 0.0939. The van der Waals surface area contributed by atoms with Gasteiger partial charge in [-0.25, -0.2) is 0 Å². The van der Waals surface area contributed by atoms with Crippen LogP contribution in [0.1, 0.15) is 40.0 Å². The second-order valence-corrected chi connectivity index (χ2v) is 9.49. The molecule has 0 aliphatic rings. The first kappa shape index (κ1) is 26.0. The highest BCUT2D eigenvalue weighted by Gasteiger charge is 2.33. The first-order chi connectivity index (χ1) is 12.8. The fourth-order valence-electron chi connectivity index (χ4n) is 2.15. The second kappa shape index (κ2) is 11.8. The zero-order valence-corrected chi connectivity index (χ0v) is 17.4. The molecule has 0 aromatic rings. The van der Waals surface area contributed by atoms with Gasteiger partial charge in [0.25, 0.3) is 0 Å². The summed E-state index contributed by atoms with van der Waals surface area (Å²) in [6.45, 7) is 4.65. The van der Waals surface area contributed by atoms with Crippen LogP contribution in [-0.4, -0.2) is 64.9 Å². The van der Waals surface area contributed by atoms with Gasteiger partial charge in [-0.1, -0.05) is 13.8 Å². The molecule has 11 nitrogen and oxygen atoms in total. The van der Waals surface area contributed by atoms with Crippen LogP contribution in [0.4, 0.5) is 0 Å². The molecular weight excluding hydrogens is 393 g/mol. The summed E-state index contributed by atoms with van der Waals surface area (Å²) in [7, 11) is -2.73. The third kappa shape index (κ3) is 9.29. The van der Waals surface area contributed by atoms with Crippen LogP contribution in [0.3, 0.4) is 0 Å². The summed E-state index contributed by atoms with van der Waals surface area (Å²) < 4.78 is 16.7. The van der Waals surface area contributed by atoms with Crippen molar-refractivity contribution in [3.8, 4) is 0 Å². The number of esters is 1. The number of rotatable bonds is 12. The van der Waals surface area contributed by atoms with Crippen LogP contribution in [0.5, 0.6) is 0 Å². The van der Waals surface area contributed by atoms with Crippen LogP contribution < -0.4 is 16.4 Å². The summed E-state index contributed by atoms with van der Waals surface area (Å²) in [5.41, 5.74) is 5.63. The Morgan fingerprint density at radius 2 is 1.64 bits per heavy atom. The largest absolute Gasteiger partial charge is 0.481 e. The van der Waals surface area contributed by atoms with E-state index in [9.17, 15) is 28.6 Å². The number of nitrogens with two attached hydrogens (primary N) is 1. The fraction of sp³-hybridized carbons (Fsp3) is 0.750. The smallest absolute Gasteiger partial charge is 0.306 e. The lowest BCUT2D eigenvalue weighted by Gasteiger charge is -2.27. The van der Waals surface area contributed by atoms with Crippen molar-refractivity contribution in [1.82, 2.24) is 10.6 Å². The van der Waals surface area contributed by atoms with Gasteiger partial charge in [0.15, 0.2) is 0 Å². The highest BCUT2D eigenvalue weighted by atomic mass is 31.2. The van der Waals surface area contributed by atoms with Crippen molar-refractivity contribution in [2.75, 3.05) is 13.3 Å². The van der Waals surface area contributed by atoms with Crippen molar-refractivity contribution in [1.29, 1.82) is 0 Å². The van der Waals surface area contributed by atoms with Gasteiger partial charge in [-0.3, -0.25) is 23.7 Å². The third-order valence-electron chi connectivity index (χ3n) is 4.07. The molecule has 0 heterocycles. The van der Waals surface area contributed by atoms with Gasteiger partial charge in [-0.15, -0.1) is 0 Å². The van der Waals surface area contributed by atoms with Crippen molar-refractivity contribution in [2.24, 2.45) is 11.7 Å². The minimum atomic E-state index is -3.88. The van der Waals surface area contributed by atoms with Crippen LogP contribution in [0.2, 0.25) is 0 Å². The lowest BCUT2D eigenvalue weighted by molar-refractivity contribution is -0.140. The Bertz CT molecular complexity index is 625. The quantitative estimate of drug-likeness (QED) is 0.206. The third-order valence-corrected chi connectivity index (χ3v) is 6.28. The number of carbonyl (C=O) groups is 4. The van der Waals surface area contributed by atoms with Crippen LogP contribution >= 0.6 is 7.37 Å². The summed E-state index contributed by atoms with van der Waals surface area (Å²) in [6.07, 6.45) is -1.02. The molecule has 0 rings (SSSR count). The number of carbonyl (C=O) groups excluding carboxylic acids is 3.